The fraction of sp³-hybridized carbons (Fsp3) is 1.00. The number of hydrogen-bond acceptors (Lipinski definition) is 0. The fourth-order valence-electron chi connectivity index (χ4n) is 5.61. The topological polar surface area (TPSA) is 0 Å². The summed E-state index contributed by atoms with van der Waals surface area (Å²) in [6.07, 6.45) is 7.66. The average Bonchev–Trinajstić information content (AvgIpc) is 2.13. The summed E-state index contributed by atoms with van der Waals surface area (Å²) in [7, 11) is -3.12. The lowest BCUT2D eigenvalue weighted by Crippen LogP contribution is -2.58. The van der Waals surface area contributed by atoms with Gasteiger partial charge in [-0.3, -0.25) is 0 Å². The first-order valence-corrected chi connectivity index (χ1v) is 18.3. The van der Waals surface area contributed by atoms with E-state index in [0.717, 1.165) is 5.54 Å². The summed E-state index contributed by atoms with van der Waals surface area (Å²) in [6.45, 7) is 21.4. The third kappa shape index (κ3) is 3.83. The first-order valence-electron chi connectivity index (χ1n) is 7.97. The second kappa shape index (κ2) is 5.57. The maximum absolute atomic E-state index is 2.75. The molecule has 3 heteroatoms. The highest BCUT2D eigenvalue weighted by molar-refractivity contribution is 7.12. The van der Waals surface area contributed by atoms with Crippen LogP contribution in [0.2, 0.25) is 62.7 Å². The molecule has 0 heterocycles. The summed E-state index contributed by atoms with van der Waals surface area (Å²) in [6, 6.07) is 0. The molecular weight excluding hydrogens is 264 g/mol. The molecule has 1 rings (SSSR count). The molecule has 0 atom stereocenters. The zero-order chi connectivity index (χ0) is 14.2. The van der Waals surface area contributed by atoms with Gasteiger partial charge in [0, 0.05) is 24.2 Å². The van der Waals surface area contributed by atoms with E-state index in [4.69, 9.17) is 0 Å². The van der Waals surface area contributed by atoms with Gasteiger partial charge in [-0.2, -0.15) is 0 Å². The van der Waals surface area contributed by atoms with Gasteiger partial charge in [0.1, 0.15) is 0 Å². The highest BCUT2D eigenvalue weighted by atomic mass is 28.5. The Balaban J connectivity index is 3.03. The third-order valence-electron chi connectivity index (χ3n) is 5.13. The van der Waals surface area contributed by atoms with E-state index in [1.165, 1.54) is 24.1 Å². The van der Waals surface area contributed by atoms with Gasteiger partial charge < -0.3 is 0 Å². The molecule has 0 aliphatic heterocycles. The van der Waals surface area contributed by atoms with Crippen LogP contribution in [0, 0.1) is 0 Å². The molecule has 1 saturated carbocycles. The van der Waals surface area contributed by atoms with Crippen molar-refractivity contribution in [2.24, 2.45) is 0 Å². The lowest BCUT2D eigenvalue weighted by molar-refractivity contribution is 0.491. The summed E-state index contributed by atoms with van der Waals surface area (Å²) in [5, 5.41) is 0. The molecule has 0 bridgehead atoms. The van der Waals surface area contributed by atoms with Gasteiger partial charge in [-0.25, -0.2) is 0 Å². The highest BCUT2D eigenvalue weighted by Gasteiger charge is 2.50. The maximum Gasteiger partial charge on any atom is 0.0483 e. The minimum Gasteiger partial charge on any atom is -0.0698 e. The molecule has 1 aliphatic carbocycles. The van der Waals surface area contributed by atoms with E-state index in [1.54, 1.807) is 12.8 Å². The van der Waals surface area contributed by atoms with Crippen molar-refractivity contribution >= 4 is 24.2 Å². The van der Waals surface area contributed by atoms with Crippen LogP contribution in [-0.2, 0) is 0 Å². The van der Waals surface area contributed by atoms with Crippen molar-refractivity contribution in [3.63, 3.8) is 0 Å². The quantitative estimate of drug-likeness (QED) is 0.546. The van der Waals surface area contributed by atoms with Crippen LogP contribution in [0.15, 0.2) is 0 Å². The number of hydrogen-bond donors (Lipinski definition) is 0. The van der Waals surface area contributed by atoms with Crippen molar-refractivity contribution in [2.75, 3.05) is 0 Å². The van der Waals surface area contributed by atoms with Crippen LogP contribution in [0.5, 0.6) is 0 Å². The first-order chi connectivity index (χ1) is 7.97. The van der Waals surface area contributed by atoms with Gasteiger partial charge in [-0.15, -0.1) is 0 Å². The lowest BCUT2D eigenvalue weighted by Gasteiger charge is -2.52. The molecule has 1 fully saturated rings. The van der Waals surface area contributed by atoms with Gasteiger partial charge in [-0.1, -0.05) is 89.3 Å². The van der Waals surface area contributed by atoms with Crippen molar-refractivity contribution in [1.29, 1.82) is 0 Å². The van der Waals surface area contributed by atoms with E-state index in [2.05, 4.69) is 52.4 Å². The standard InChI is InChI=1S/C15H36Si3/c1-16(2,3)15(17(4,5)6)18(7,8)14-12-10-9-11-13-14/h14-15H,9-13H2,1-8H3. The van der Waals surface area contributed by atoms with Gasteiger partial charge in [0.2, 0.25) is 0 Å². The molecule has 0 N–H and O–H groups in total. The first kappa shape index (κ1) is 16.7. The molecule has 1 aliphatic rings. The second-order valence-electron chi connectivity index (χ2n) is 9.32. The Kier molecular flexibility index (Phi) is 5.17. The van der Waals surface area contributed by atoms with E-state index in [9.17, 15) is 0 Å². The van der Waals surface area contributed by atoms with Crippen molar-refractivity contribution in [3.05, 3.63) is 0 Å². The molecule has 108 valence electrons. The molecule has 0 aromatic carbocycles. The Labute approximate surface area is 119 Å². The molecule has 0 nitrogen and oxygen atoms in total. The number of rotatable bonds is 4. The largest absolute Gasteiger partial charge is 0.0698 e. The Morgan fingerprint density at radius 3 is 1.39 bits per heavy atom. The summed E-state index contributed by atoms with van der Waals surface area (Å²) in [4.78, 5) is 1.18. The van der Waals surface area contributed by atoms with Crippen LogP contribution in [0.1, 0.15) is 32.1 Å². The molecule has 0 spiro atoms. The van der Waals surface area contributed by atoms with Crippen LogP contribution in [-0.4, -0.2) is 24.2 Å². The predicted molar refractivity (Wildman–Crippen MR) is 94.8 cm³/mol. The smallest absolute Gasteiger partial charge is 0.0483 e. The van der Waals surface area contributed by atoms with E-state index in [1.807, 2.05) is 0 Å². The average molecular weight is 301 g/mol. The van der Waals surface area contributed by atoms with Crippen LogP contribution in [0.3, 0.4) is 0 Å². The molecular formula is C15H36Si3. The molecule has 0 aromatic heterocycles. The lowest BCUT2D eigenvalue weighted by atomic mass is 10.0. The Hall–Kier alpha value is 0.651. The third-order valence-corrected chi connectivity index (χ3v) is 27.6. The van der Waals surface area contributed by atoms with Crippen LogP contribution in [0.4, 0.5) is 0 Å². The Morgan fingerprint density at radius 2 is 1.06 bits per heavy atom. The van der Waals surface area contributed by atoms with E-state index < -0.39 is 24.2 Å². The second-order valence-corrected chi connectivity index (χ2v) is 26.7. The Bertz CT molecular complexity index is 250. The van der Waals surface area contributed by atoms with Gasteiger partial charge >= 0.3 is 0 Å². The van der Waals surface area contributed by atoms with Crippen molar-refractivity contribution in [1.82, 2.24) is 0 Å². The van der Waals surface area contributed by atoms with Gasteiger partial charge in [0.05, 0.1) is 0 Å². The van der Waals surface area contributed by atoms with Crippen molar-refractivity contribution in [3.8, 4) is 0 Å². The molecule has 0 radical (unpaired) electrons. The molecule has 0 saturated heterocycles. The van der Waals surface area contributed by atoms with E-state index in [0.29, 0.717) is 0 Å². The SMILES string of the molecule is C[Si](C)(C)C([Si](C)(C)C)[Si](C)(C)C1CCCCC1. The Morgan fingerprint density at radius 1 is 0.667 bits per heavy atom. The zero-order valence-corrected chi connectivity index (χ0v) is 17.2. The van der Waals surface area contributed by atoms with Gasteiger partial charge in [0.25, 0.3) is 0 Å². The highest BCUT2D eigenvalue weighted by Crippen LogP contribution is 2.49. The summed E-state index contributed by atoms with van der Waals surface area (Å²) >= 11 is 0. The zero-order valence-electron chi connectivity index (χ0n) is 14.2. The van der Waals surface area contributed by atoms with Gasteiger partial charge in [0.15, 0.2) is 0 Å². The van der Waals surface area contributed by atoms with Crippen molar-refractivity contribution in [2.45, 2.75) is 94.8 Å². The van der Waals surface area contributed by atoms with Gasteiger partial charge in [-0.05, 0) is 5.54 Å². The minimum atomic E-state index is -1.08. The van der Waals surface area contributed by atoms with E-state index >= 15 is 0 Å². The fourth-order valence-corrected chi connectivity index (χ4v) is 37.6. The maximum atomic E-state index is 2.75. The van der Waals surface area contributed by atoms with E-state index in [-0.39, 0.29) is 0 Å². The summed E-state index contributed by atoms with van der Waals surface area (Å²) in [5.41, 5.74) is 1.13. The molecule has 18 heavy (non-hydrogen) atoms. The monoisotopic (exact) mass is 300 g/mol. The van der Waals surface area contributed by atoms with Crippen LogP contribution in [0.25, 0.3) is 0 Å². The normalized spacial score (nSPS) is 20.5. The summed E-state index contributed by atoms with van der Waals surface area (Å²) < 4.78 is 0. The van der Waals surface area contributed by atoms with Crippen molar-refractivity contribution < 1.29 is 0 Å². The molecule has 0 unspecified atom stereocenters. The summed E-state index contributed by atoms with van der Waals surface area (Å²) in [5.74, 6) is 0. The van der Waals surface area contributed by atoms with Crippen LogP contribution < -0.4 is 0 Å². The molecule has 0 aromatic rings. The minimum absolute atomic E-state index is 1.02. The predicted octanol–water partition coefficient (Wildman–Crippen LogP) is 6.15. The van der Waals surface area contributed by atoms with Crippen LogP contribution >= 0.6 is 0 Å². The molecule has 0 amide bonds.